The molecule has 3 rings (SSSR count). The Bertz CT molecular complexity index is 550. The van der Waals surface area contributed by atoms with Gasteiger partial charge in [-0.3, -0.25) is 9.69 Å². The van der Waals surface area contributed by atoms with E-state index in [1.165, 1.54) is 29.7 Å². The van der Waals surface area contributed by atoms with Gasteiger partial charge < -0.3 is 4.74 Å². The molecule has 1 amide bonds. The number of ether oxygens (including phenoxy) is 1. The van der Waals surface area contributed by atoms with E-state index in [2.05, 4.69) is 0 Å². The maximum atomic E-state index is 11.8. The molecule has 1 aliphatic heterocycles. The zero-order valence-electron chi connectivity index (χ0n) is 10.00. The minimum absolute atomic E-state index is 0.0856. The molecule has 1 fully saturated rings. The van der Waals surface area contributed by atoms with Crippen LogP contribution in [0.4, 0.5) is 4.79 Å². The van der Waals surface area contributed by atoms with Crippen molar-refractivity contribution in [2.24, 2.45) is 0 Å². The Hall–Kier alpha value is -2.10. The van der Waals surface area contributed by atoms with E-state index in [-0.39, 0.29) is 24.0 Å². The van der Waals surface area contributed by atoms with Crippen molar-refractivity contribution in [2.75, 3.05) is 0 Å². The van der Waals surface area contributed by atoms with Crippen LogP contribution in [0.15, 0.2) is 36.5 Å². The Balaban J connectivity index is 1.97. The molecule has 1 saturated heterocycles. The fourth-order valence-corrected chi connectivity index (χ4v) is 2.62. The zero-order chi connectivity index (χ0) is 12.7. The predicted molar refractivity (Wildman–Crippen MR) is 64.8 cm³/mol. The highest BCUT2D eigenvalue weighted by Crippen LogP contribution is 2.42. The number of benzene rings is 1. The van der Waals surface area contributed by atoms with Crippen LogP contribution in [0, 0.1) is 0 Å². The number of rotatable bonds is 2. The molecule has 0 radical (unpaired) electrons. The molecule has 1 aliphatic carbocycles. The number of allylic oxidation sites excluding steroid dienone is 1. The molecule has 0 saturated carbocycles. The first-order valence-electron chi connectivity index (χ1n) is 5.92. The molecule has 0 spiro atoms. The van der Waals surface area contributed by atoms with E-state index in [4.69, 9.17) is 4.74 Å². The van der Waals surface area contributed by atoms with Crippen molar-refractivity contribution in [3.63, 3.8) is 0 Å². The summed E-state index contributed by atoms with van der Waals surface area (Å²) in [6, 6.07) is 7.91. The Morgan fingerprint density at radius 2 is 2.22 bits per heavy atom. The maximum absolute atomic E-state index is 11.8. The van der Waals surface area contributed by atoms with Crippen LogP contribution in [0.25, 0.3) is 0 Å². The van der Waals surface area contributed by atoms with Gasteiger partial charge >= 0.3 is 6.09 Å². The standard InChI is InChI=1S/C14H13NO3/c1-9(16)6-7-15-13-11-5-3-2-4-10(11)8-12(13)18-14(15)17/h2-7,12-13H,8H2,1H3/b7-6+/t12-,13+/m0/s1. The quantitative estimate of drug-likeness (QED) is 0.748. The smallest absolute Gasteiger partial charge is 0.414 e. The molecule has 92 valence electrons. The minimum Gasteiger partial charge on any atom is -0.443 e. The Labute approximate surface area is 105 Å². The summed E-state index contributed by atoms with van der Waals surface area (Å²) < 4.78 is 5.34. The molecule has 4 nitrogen and oxygen atoms in total. The second kappa shape index (κ2) is 3.98. The first kappa shape index (κ1) is 11.0. The first-order valence-corrected chi connectivity index (χ1v) is 5.92. The van der Waals surface area contributed by atoms with E-state index in [9.17, 15) is 9.59 Å². The summed E-state index contributed by atoms with van der Waals surface area (Å²) in [6.07, 6.45) is 3.16. The molecule has 2 aliphatic rings. The number of carbonyl (C=O) groups is 2. The number of fused-ring (bicyclic) bond motifs is 3. The van der Waals surface area contributed by atoms with E-state index in [0.717, 1.165) is 12.0 Å². The summed E-state index contributed by atoms with van der Waals surface area (Å²) in [5.41, 5.74) is 2.32. The summed E-state index contributed by atoms with van der Waals surface area (Å²) in [5, 5.41) is 0. The van der Waals surface area contributed by atoms with Crippen LogP contribution >= 0.6 is 0 Å². The second-order valence-electron chi connectivity index (χ2n) is 4.60. The van der Waals surface area contributed by atoms with Crippen LogP contribution in [0.5, 0.6) is 0 Å². The normalized spacial score (nSPS) is 25.2. The van der Waals surface area contributed by atoms with Crippen molar-refractivity contribution in [2.45, 2.75) is 25.5 Å². The molecule has 0 N–H and O–H groups in total. The summed E-state index contributed by atoms with van der Waals surface area (Å²) in [7, 11) is 0. The van der Waals surface area contributed by atoms with Gasteiger partial charge in [0.1, 0.15) is 12.1 Å². The molecule has 1 heterocycles. The fraction of sp³-hybridized carbons (Fsp3) is 0.286. The third-order valence-electron chi connectivity index (χ3n) is 3.38. The minimum atomic E-state index is -0.378. The molecule has 4 heteroatoms. The zero-order valence-corrected chi connectivity index (χ0v) is 10.00. The number of nitrogens with zero attached hydrogens (tertiary/aromatic N) is 1. The van der Waals surface area contributed by atoms with Gasteiger partial charge in [-0.2, -0.15) is 0 Å². The van der Waals surface area contributed by atoms with Crippen LogP contribution in [-0.4, -0.2) is 22.9 Å². The van der Waals surface area contributed by atoms with Crippen LogP contribution in [-0.2, 0) is 16.0 Å². The number of hydrogen-bond donors (Lipinski definition) is 0. The van der Waals surface area contributed by atoms with E-state index in [1.807, 2.05) is 24.3 Å². The number of ketones is 1. The average molecular weight is 243 g/mol. The van der Waals surface area contributed by atoms with Crippen molar-refractivity contribution in [3.8, 4) is 0 Å². The van der Waals surface area contributed by atoms with Gasteiger partial charge in [-0.05, 0) is 24.1 Å². The molecule has 2 atom stereocenters. The van der Waals surface area contributed by atoms with E-state index in [1.54, 1.807) is 0 Å². The van der Waals surface area contributed by atoms with Crippen LogP contribution < -0.4 is 0 Å². The molecular formula is C14H13NO3. The average Bonchev–Trinajstić information content (AvgIpc) is 2.81. The van der Waals surface area contributed by atoms with Gasteiger partial charge in [0.15, 0.2) is 5.78 Å². The lowest BCUT2D eigenvalue weighted by Gasteiger charge is -2.16. The summed E-state index contributed by atoms with van der Waals surface area (Å²) in [6.45, 7) is 1.46. The number of carbonyl (C=O) groups excluding carboxylic acids is 2. The van der Waals surface area contributed by atoms with Crippen molar-refractivity contribution in [1.29, 1.82) is 0 Å². The van der Waals surface area contributed by atoms with Crippen LogP contribution in [0.1, 0.15) is 24.1 Å². The highest BCUT2D eigenvalue weighted by molar-refractivity contribution is 5.87. The molecule has 0 bridgehead atoms. The van der Waals surface area contributed by atoms with Crippen molar-refractivity contribution >= 4 is 11.9 Å². The van der Waals surface area contributed by atoms with E-state index in [0.29, 0.717) is 0 Å². The number of hydrogen-bond acceptors (Lipinski definition) is 3. The molecule has 0 unspecified atom stereocenters. The highest BCUT2D eigenvalue weighted by atomic mass is 16.6. The summed E-state index contributed by atoms with van der Waals surface area (Å²) in [4.78, 5) is 24.2. The van der Waals surface area contributed by atoms with Crippen LogP contribution in [0.3, 0.4) is 0 Å². The highest BCUT2D eigenvalue weighted by Gasteiger charge is 2.46. The molecule has 0 aromatic heterocycles. The van der Waals surface area contributed by atoms with Gasteiger partial charge in [0.2, 0.25) is 0 Å². The first-order chi connectivity index (χ1) is 8.66. The lowest BCUT2D eigenvalue weighted by Crippen LogP contribution is -2.22. The largest absolute Gasteiger partial charge is 0.443 e. The summed E-state index contributed by atoms with van der Waals surface area (Å²) in [5.74, 6) is -0.0856. The van der Waals surface area contributed by atoms with Crippen molar-refractivity contribution in [3.05, 3.63) is 47.7 Å². The third-order valence-corrected chi connectivity index (χ3v) is 3.38. The number of amides is 1. The SMILES string of the molecule is CC(=O)/C=C/N1C(=O)O[C@H]2Cc3ccccc3[C@H]21. The molecular weight excluding hydrogens is 230 g/mol. The van der Waals surface area contributed by atoms with Gasteiger partial charge in [-0.15, -0.1) is 0 Å². The van der Waals surface area contributed by atoms with Gasteiger partial charge in [0.25, 0.3) is 0 Å². The van der Waals surface area contributed by atoms with E-state index >= 15 is 0 Å². The van der Waals surface area contributed by atoms with Crippen molar-refractivity contribution in [1.82, 2.24) is 4.90 Å². The Kier molecular flexibility index (Phi) is 2.44. The maximum Gasteiger partial charge on any atom is 0.414 e. The lowest BCUT2D eigenvalue weighted by atomic mass is 10.1. The lowest BCUT2D eigenvalue weighted by molar-refractivity contribution is -0.112. The van der Waals surface area contributed by atoms with Crippen molar-refractivity contribution < 1.29 is 14.3 Å². The topological polar surface area (TPSA) is 46.6 Å². The Morgan fingerprint density at radius 3 is 3.00 bits per heavy atom. The predicted octanol–water partition coefficient (Wildman–Crippen LogP) is 2.21. The second-order valence-corrected chi connectivity index (χ2v) is 4.60. The molecule has 1 aromatic carbocycles. The Morgan fingerprint density at radius 1 is 1.44 bits per heavy atom. The van der Waals surface area contributed by atoms with Crippen LogP contribution in [0.2, 0.25) is 0 Å². The van der Waals surface area contributed by atoms with Gasteiger partial charge in [0.05, 0.1) is 0 Å². The summed E-state index contributed by atoms with van der Waals surface area (Å²) >= 11 is 0. The molecule has 1 aromatic rings. The van der Waals surface area contributed by atoms with Gasteiger partial charge in [-0.25, -0.2) is 4.79 Å². The molecule has 18 heavy (non-hydrogen) atoms. The van der Waals surface area contributed by atoms with Gasteiger partial charge in [-0.1, -0.05) is 24.3 Å². The third kappa shape index (κ3) is 1.61. The van der Waals surface area contributed by atoms with E-state index < -0.39 is 0 Å². The van der Waals surface area contributed by atoms with Gasteiger partial charge in [0, 0.05) is 12.6 Å². The fourth-order valence-electron chi connectivity index (χ4n) is 2.62. The monoisotopic (exact) mass is 243 g/mol.